The van der Waals surface area contributed by atoms with Crippen LogP contribution in [0.5, 0.6) is 5.88 Å². The molecule has 0 radical (unpaired) electrons. The van der Waals surface area contributed by atoms with Crippen molar-refractivity contribution in [1.82, 2.24) is 9.97 Å². The van der Waals surface area contributed by atoms with E-state index in [9.17, 15) is 5.11 Å². The molecule has 0 aliphatic heterocycles. The second kappa shape index (κ2) is 5.50. The lowest BCUT2D eigenvalue weighted by molar-refractivity contribution is 0.282. The average Bonchev–Trinajstić information content (AvgIpc) is 2.53. The standard InChI is InChI=1S/C17H16N2O2/c1-11-4-3-5-13(6-11)14-7-12(10-20)8-15-17(14)18-9-16(19-15)21-2/h3-9,20H,10H2,1-2H3. The second-order valence-electron chi connectivity index (χ2n) is 4.95. The second-order valence-corrected chi connectivity index (χ2v) is 4.95. The molecule has 0 aliphatic rings. The van der Waals surface area contributed by atoms with Gasteiger partial charge in [0.2, 0.25) is 5.88 Å². The molecule has 0 spiro atoms. The van der Waals surface area contributed by atoms with E-state index in [0.717, 1.165) is 27.7 Å². The summed E-state index contributed by atoms with van der Waals surface area (Å²) in [4.78, 5) is 8.88. The normalized spacial score (nSPS) is 10.8. The average molecular weight is 280 g/mol. The fourth-order valence-corrected chi connectivity index (χ4v) is 2.39. The Bertz CT molecular complexity index is 795. The first-order valence-electron chi connectivity index (χ1n) is 6.73. The number of hydrogen-bond donors (Lipinski definition) is 1. The van der Waals surface area contributed by atoms with Gasteiger partial charge in [-0.3, -0.25) is 0 Å². The van der Waals surface area contributed by atoms with Crippen LogP contribution in [0.4, 0.5) is 0 Å². The molecule has 0 amide bonds. The number of methoxy groups -OCH3 is 1. The summed E-state index contributed by atoms with van der Waals surface area (Å²) in [5, 5.41) is 9.47. The summed E-state index contributed by atoms with van der Waals surface area (Å²) < 4.78 is 5.12. The minimum atomic E-state index is -0.0341. The fraction of sp³-hybridized carbons (Fsp3) is 0.176. The van der Waals surface area contributed by atoms with Gasteiger partial charge in [0.25, 0.3) is 0 Å². The maximum atomic E-state index is 9.47. The van der Waals surface area contributed by atoms with Gasteiger partial charge >= 0.3 is 0 Å². The highest BCUT2D eigenvalue weighted by atomic mass is 16.5. The third kappa shape index (κ3) is 2.58. The van der Waals surface area contributed by atoms with E-state index in [4.69, 9.17) is 4.74 Å². The molecule has 0 saturated carbocycles. The number of aromatic nitrogens is 2. The Kier molecular flexibility index (Phi) is 3.54. The number of fused-ring (bicyclic) bond motifs is 1. The van der Waals surface area contributed by atoms with Gasteiger partial charge in [-0.2, -0.15) is 0 Å². The molecule has 21 heavy (non-hydrogen) atoms. The molecule has 3 aromatic rings. The number of hydrogen-bond acceptors (Lipinski definition) is 4. The zero-order valence-electron chi connectivity index (χ0n) is 12.0. The highest BCUT2D eigenvalue weighted by Gasteiger charge is 2.10. The van der Waals surface area contributed by atoms with Crippen LogP contribution in [0.15, 0.2) is 42.6 Å². The Morgan fingerprint density at radius 1 is 1.19 bits per heavy atom. The Morgan fingerprint density at radius 3 is 2.76 bits per heavy atom. The molecule has 0 aliphatic carbocycles. The summed E-state index contributed by atoms with van der Waals surface area (Å²) >= 11 is 0. The number of nitrogens with zero attached hydrogens (tertiary/aromatic N) is 2. The highest BCUT2D eigenvalue weighted by molar-refractivity contribution is 5.92. The lowest BCUT2D eigenvalue weighted by atomic mass is 9.99. The zero-order chi connectivity index (χ0) is 14.8. The Balaban J connectivity index is 2.30. The van der Waals surface area contributed by atoms with E-state index >= 15 is 0 Å². The lowest BCUT2D eigenvalue weighted by Crippen LogP contribution is -1.95. The molecule has 0 unspecified atom stereocenters. The molecule has 1 N–H and O–H groups in total. The maximum absolute atomic E-state index is 9.47. The van der Waals surface area contributed by atoms with Crippen molar-refractivity contribution < 1.29 is 9.84 Å². The van der Waals surface area contributed by atoms with Gasteiger partial charge < -0.3 is 9.84 Å². The van der Waals surface area contributed by atoms with Gasteiger partial charge in [0, 0.05) is 5.56 Å². The number of aliphatic hydroxyl groups is 1. The molecular weight excluding hydrogens is 264 g/mol. The Labute approximate surface area is 123 Å². The highest BCUT2D eigenvalue weighted by Crippen LogP contribution is 2.29. The molecule has 3 rings (SSSR count). The summed E-state index contributed by atoms with van der Waals surface area (Å²) in [5.74, 6) is 0.466. The van der Waals surface area contributed by atoms with Crippen molar-refractivity contribution in [1.29, 1.82) is 0 Å². The number of rotatable bonds is 3. The Morgan fingerprint density at radius 2 is 2.05 bits per heavy atom. The molecule has 2 aromatic carbocycles. The Hall–Kier alpha value is -2.46. The van der Waals surface area contributed by atoms with Crippen molar-refractivity contribution >= 4 is 11.0 Å². The van der Waals surface area contributed by atoms with E-state index in [1.165, 1.54) is 5.56 Å². The van der Waals surface area contributed by atoms with Crippen LogP contribution in [0.2, 0.25) is 0 Å². The molecule has 1 heterocycles. The predicted molar refractivity (Wildman–Crippen MR) is 82.2 cm³/mol. The van der Waals surface area contributed by atoms with Crippen molar-refractivity contribution in [2.24, 2.45) is 0 Å². The number of benzene rings is 2. The molecule has 0 bridgehead atoms. The lowest BCUT2D eigenvalue weighted by Gasteiger charge is -2.10. The van der Waals surface area contributed by atoms with Gasteiger partial charge in [0.05, 0.1) is 30.9 Å². The van der Waals surface area contributed by atoms with Crippen LogP contribution in [0, 0.1) is 6.92 Å². The van der Waals surface area contributed by atoms with E-state index in [-0.39, 0.29) is 6.61 Å². The molecule has 106 valence electrons. The summed E-state index contributed by atoms with van der Waals surface area (Å²) in [6.07, 6.45) is 1.61. The van der Waals surface area contributed by atoms with E-state index in [1.54, 1.807) is 13.3 Å². The maximum Gasteiger partial charge on any atom is 0.232 e. The van der Waals surface area contributed by atoms with E-state index in [1.807, 2.05) is 24.3 Å². The first-order chi connectivity index (χ1) is 10.2. The van der Waals surface area contributed by atoms with E-state index < -0.39 is 0 Å². The van der Waals surface area contributed by atoms with Crippen LogP contribution in [-0.4, -0.2) is 22.2 Å². The minimum Gasteiger partial charge on any atom is -0.480 e. The molecule has 1 aromatic heterocycles. The minimum absolute atomic E-state index is 0.0341. The third-order valence-corrected chi connectivity index (χ3v) is 3.41. The SMILES string of the molecule is COc1cnc2c(-c3cccc(C)c3)cc(CO)cc2n1. The summed E-state index contributed by atoms with van der Waals surface area (Å²) in [5.41, 5.74) is 5.54. The number of ether oxygens (including phenoxy) is 1. The summed E-state index contributed by atoms with van der Waals surface area (Å²) in [6, 6.07) is 12.0. The molecule has 4 heteroatoms. The fourth-order valence-electron chi connectivity index (χ4n) is 2.39. The van der Waals surface area contributed by atoms with Crippen molar-refractivity contribution in [3.8, 4) is 17.0 Å². The van der Waals surface area contributed by atoms with Crippen molar-refractivity contribution in [3.63, 3.8) is 0 Å². The summed E-state index contributed by atoms with van der Waals surface area (Å²) in [6.45, 7) is 2.02. The molecule has 0 atom stereocenters. The van der Waals surface area contributed by atoms with Crippen LogP contribution >= 0.6 is 0 Å². The van der Waals surface area contributed by atoms with Crippen LogP contribution in [0.3, 0.4) is 0 Å². The van der Waals surface area contributed by atoms with Gasteiger partial charge in [-0.25, -0.2) is 9.97 Å². The van der Waals surface area contributed by atoms with Crippen molar-refractivity contribution in [3.05, 3.63) is 53.7 Å². The van der Waals surface area contributed by atoms with Gasteiger partial charge in [-0.1, -0.05) is 29.8 Å². The van der Waals surface area contributed by atoms with E-state index in [2.05, 4.69) is 29.0 Å². The van der Waals surface area contributed by atoms with E-state index in [0.29, 0.717) is 5.88 Å². The van der Waals surface area contributed by atoms with Gasteiger partial charge in [-0.05, 0) is 30.2 Å². The smallest absolute Gasteiger partial charge is 0.232 e. The van der Waals surface area contributed by atoms with Crippen molar-refractivity contribution in [2.75, 3.05) is 7.11 Å². The quantitative estimate of drug-likeness (QED) is 0.801. The van der Waals surface area contributed by atoms with Crippen LogP contribution in [-0.2, 0) is 6.61 Å². The van der Waals surface area contributed by atoms with Gasteiger partial charge in [0.1, 0.15) is 0 Å². The summed E-state index contributed by atoms with van der Waals surface area (Å²) in [7, 11) is 1.56. The van der Waals surface area contributed by atoms with Crippen LogP contribution in [0.1, 0.15) is 11.1 Å². The largest absolute Gasteiger partial charge is 0.480 e. The molecular formula is C17H16N2O2. The van der Waals surface area contributed by atoms with Gasteiger partial charge in [0.15, 0.2) is 0 Å². The first-order valence-corrected chi connectivity index (χ1v) is 6.73. The van der Waals surface area contributed by atoms with Crippen molar-refractivity contribution in [2.45, 2.75) is 13.5 Å². The van der Waals surface area contributed by atoms with Crippen LogP contribution in [0.25, 0.3) is 22.2 Å². The monoisotopic (exact) mass is 280 g/mol. The van der Waals surface area contributed by atoms with Crippen LogP contribution < -0.4 is 4.74 Å². The number of aliphatic hydroxyl groups excluding tert-OH is 1. The predicted octanol–water partition coefficient (Wildman–Crippen LogP) is 3.11. The zero-order valence-corrected chi connectivity index (χ0v) is 12.0. The first kappa shape index (κ1) is 13.5. The third-order valence-electron chi connectivity index (χ3n) is 3.41. The van der Waals surface area contributed by atoms with Gasteiger partial charge in [-0.15, -0.1) is 0 Å². The number of aryl methyl sites for hydroxylation is 1. The molecule has 0 fully saturated rings. The topological polar surface area (TPSA) is 55.2 Å². The molecule has 4 nitrogen and oxygen atoms in total. The molecule has 0 saturated heterocycles.